The van der Waals surface area contributed by atoms with Crippen molar-refractivity contribution >= 4 is 21.1 Å². The van der Waals surface area contributed by atoms with Gasteiger partial charge >= 0.3 is 0 Å². The lowest BCUT2D eigenvalue weighted by molar-refractivity contribution is -0.116. The fourth-order valence-corrected chi connectivity index (χ4v) is 3.89. The molecule has 0 atom stereocenters. The highest BCUT2D eigenvalue weighted by Crippen LogP contribution is 2.14. The SMILES string of the molecule is CCOC(OCC)[SiH2]CCCN(C(C)=O)c1ccccc1. The van der Waals surface area contributed by atoms with E-state index in [4.69, 9.17) is 9.47 Å². The Morgan fingerprint density at radius 1 is 1.19 bits per heavy atom. The van der Waals surface area contributed by atoms with Gasteiger partial charge in [0.05, 0.1) is 9.52 Å². The lowest BCUT2D eigenvalue weighted by atomic mass is 10.2. The van der Waals surface area contributed by atoms with E-state index in [2.05, 4.69) is 0 Å². The predicted octanol–water partition coefficient (Wildman–Crippen LogP) is 2.37. The van der Waals surface area contributed by atoms with E-state index >= 15 is 0 Å². The monoisotopic (exact) mass is 309 g/mol. The molecule has 1 rings (SSSR count). The van der Waals surface area contributed by atoms with Crippen molar-refractivity contribution in [2.75, 3.05) is 24.7 Å². The highest BCUT2D eigenvalue weighted by atomic mass is 28.2. The number of anilines is 1. The second kappa shape index (κ2) is 10.5. The van der Waals surface area contributed by atoms with Crippen molar-refractivity contribution < 1.29 is 14.3 Å². The molecule has 0 aliphatic carbocycles. The summed E-state index contributed by atoms with van der Waals surface area (Å²) in [6.45, 7) is 7.76. The summed E-state index contributed by atoms with van der Waals surface area (Å²) >= 11 is 0. The van der Waals surface area contributed by atoms with Gasteiger partial charge < -0.3 is 14.4 Å². The van der Waals surface area contributed by atoms with Gasteiger partial charge in [0.1, 0.15) is 5.91 Å². The maximum Gasteiger partial charge on any atom is 0.223 e. The van der Waals surface area contributed by atoms with E-state index in [1.165, 1.54) is 0 Å². The van der Waals surface area contributed by atoms with E-state index in [-0.39, 0.29) is 11.8 Å². The molecule has 1 aromatic rings. The molecule has 0 aliphatic heterocycles. The van der Waals surface area contributed by atoms with Gasteiger partial charge in [0.25, 0.3) is 0 Å². The summed E-state index contributed by atoms with van der Waals surface area (Å²) < 4.78 is 11.2. The van der Waals surface area contributed by atoms with Crippen LogP contribution in [0.15, 0.2) is 30.3 Å². The summed E-state index contributed by atoms with van der Waals surface area (Å²) in [5, 5.41) is 0. The maximum atomic E-state index is 11.8. The van der Waals surface area contributed by atoms with Gasteiger partial charge in [-0.3, -0.25) is 4.79 Å². The molecule has 0 radical (unpaired) electrons. The average molecular weight is 309 g/mol. The number of amides is 1. The molecule has 0 fully saturated rings. The standard InChI is InChI=1S/C16H27NO3Si/c1-4-19-16(20-5-2)21-13-9-12-17(14(3)18)15-10-7-6-8-11-15/h6-8,10-11,16H,4-5,9,12-13,21H2,1-3H3. The molecule has 4 nitrogen and oxygen atoms in total. The molecule has 0 spiro atoms. The zero-order chi connectivity index (χ0) is 15.5. The number of benzene rings is 1. The number of carbonyl (C=O) groups excluding carboxylic acids is 1. The summed E-state index contributed by atoms with van der Waals surface area (Å²) in [6, 6.07) is 10.9. The van der Waals surface area contributed by atoms with Crippen LogP contribution < -0.4 is 4.90 Å². The Morgan fingerprint density at radius 3 is 2.33 bits per heavy atom. The van der Waals surface area contributed by atoms with Crippen molar-refractivity contribution in [3.8, 4) is 0 Å². The Hall–Kier alpha value is -1.17. The molecule has 0 saturated heterocycles. The first-order valence-electron chi connectivity index (χ1n) is 7.75. The van der Waals surface area contributed by atoms with Crippen LogP contribution in [0, 0.1) is 0 Å². The molecule has 5 heteroatoms. The van der Waals surface area contributed by atoms with Gasteiger partial charge in [-0.15, -0.1) is 0 Å². The minimum atomic E-state index is -0.426. The molecule has 0 unspecified atom stereocenters. The van der Waals surface area contributed by atoms with Crippen LogP contribution in [0.4, 0.5) is 5.69 Å². The normalized spacial score (nSPS) is 11.4. The zero-order valence-electron chi connectivity index (χ0n) is 13.4. The number of nitrogens with zero attached hydrogens (tertiary/aromatic N) is 1. The van der Waals surface area contributed by atoms with E-state index in [0.717, 1.165) is 24.7 Å². The highest BCUT2D eigenvalue weighted by molar-refractivity contribution is 6.36. The third kappa shape index (κ3) is 6.88. The van der Waals surface area contributed by atoms with Gasteiger partial charge in [0, 0.05) is 32.4 Å². The summed E-state index contributed by atoms with van der Waals surface area (Å²) in [7, 11) is -0.426. The molecule has 1 aromatic carbocycles. The molecule has 0 N–H and O–H groups in total. The first-order valence-corrected chi connectivity index (χ1v) is 9.57. The minimum absolute atomic E-state index is 0.0162. The number of carbonyl (C=O) groups is 1. The van der Waals surface area contributed by atoms with Crippen LogP contribution in [0.1, 0.15) is 27.2 Å². The molecule has 0 aliphatic rings. The van der Waals surface area contributed by atoms with E-state index in [9.17, 15) is 4.79 Å². The Bertz CT molecular complexity index is 394. The van der Waals surface area contributed by atoms with Crippen LogP contribution in [0.5, 0.6) is 0 Å². The lowest BCUT2D eigenvalue weighted by Gasteiger charge is -2.22. The quantitative estimate of drug-likeness (QED) is 0.378. The largest absolute Gasteiger partial charge is 0.357 e. The lowest BCUT2D eigenvalue weighted by Crippen LogP contribution is -2.30. The van der Waals surface area contributed by atoms with Crippen molar-refractivity contribution in [1.82, 2.24) is 0 Å². The minimum Gasteiger partial charge on any atom is -0.357 e. The van der Waals surface area contributed by atoms with Crippen LogP contribution in [0.3, 0.4) is 0 Å². The number of hydrogen-bond acceptors (Lipinski definition) is 3. The van der Waals surface area contributed by atoms with Crippen LogP contribution in [-0.4, -0.2) is 41.1 Å². The van der Waals surface area contributed by atoms with Crippen molar-refractivity contribution in [1.29, 1.82) is 0 Å². The number of ether oxygens (including phenoxy) is 2. The fraction of sp³-hybridized carbons (Fsp3) is 0.562. The van der Waals surface area contributed by atoms with Gasteiger partial charge in [-0.2, -0.15) is 0 Å². The second-order valence-electron chi connectivity index (χ2n) is 4.84. The first-order chi connectivity index (χ1) is 10.2. The van der Waals surface area contributed by atoms with Gasteiger partial charge in [0.2, 0.25) is 5.91 Å². The topological polar surface area (TPSA) is 38.8 Å². The van der Waals surface area contributed by atoms with Gasteiger partial charge in [0.15, 0.2) is 0 Å². The summed E-state index contributed by atoms with van der Waals surface area (Å²) in [5.41, 5.74) is 0.970. The molecule has 118 valence electrons. The van der Waals surface area contributed by atoms with Gasteiger partial charge in [-0.1, -0.05) is 24.2 Å². The third-order valence-corrected chi connectivity index (χ3v) is 5.08. The van der Waals surface area contributed by atoms with E-state index < -0.39 is 9.52 Å². The fourth-order valence-electron chi connectivity index (χ4n) is 2.24. The smallest absolute Gasteiger partial charge is 0.223 e. The van der Waals surface area contributed by atoms with E-state index in [0.29, 0.717) is 13.2 Å². The molecular weight excluding hydrogens is 282 g/mol. The molecule has 0 saturated carbocycles. The summed E-state index contributed by atoms with van der Waals surface area (Å²) in [4.78, 5) is 13.6. The number of para-hydroxylation sites is 1. The zero-order valence-corrected chi connectivity index (χ0v) is 14.8. The number of rotatable bonds is 10. The van der Waals surface area contributed by atoms with Gasteiger partial charge in [-0.25, -0.2) is 0 Å². The Balaban J connectivity index is 2.39. The number of hydrogen-bond donors (Lipinski definition) is 0. The van der Waals surface area contributed by atoms with Crippen molar-refractivity contribution in [2.45, 2.75) is 39.1 Å². The van der Waals surface area contributed by atoms with Crippen LogP contribution in [-0.2, 0) is 14.3 Å². The highest BCUT2D eigenvalue weighted by Gasteiger charge is 2.12. The Kier molecular flexibility index (Phi) is 8.97. The average Bonchev–Trinajstić information content (AvgIpc) is 2.48. The van der Waals surface area contributed by atoms with Crippen molar-refractivity contribution in [3.05, 3.63) is 30.3 Å². The first kappa shape index (κ1) is 17.9. The predicted molar refractivity (Wildman–Crippen MR) is 89.5 cm³/mol. The van der Waals surface area contributed by atoms with E-state index in [1.54, 1.807) is 6.92 Å². The molecule has 1 amide bonds. The summed E-state index contributed by atoms with van der Waals surface area (Å²) in [6.07, 6.45) is 0.997. The Labute approximate surface area is 130 Å². The summed E-state index contributed by atoms with van der Waals surface area (Å²) in [5.74, 6) is 0.108. The molecular formula is C16H27NO3Si. The van der Waals surface area contributed by atoms with Crippen molar-refractivity contribution in [2.24, 2.45) is 0 Å². The Morgan fingerprint density at radius 2 is 1.81 bits per heavy atom. The third-order valence-electron chi connectivity index (χ3n) is 3.22. The maximum absolute atomic E-state index is 11.8. The van der Waals surface area contributed by atoms with E-state index in [1.807, 2.05) is 49.1 Å². The van der Waals surface area contributed by atoms with Crippen LogP contribution in [0.2, 0.25) is 6.04 Å². The van der Waals surface area contributed by atoms with Crippen molar-refractivity contribution in [3.63, 3.8) is 0 Å². The van der Waals surface area contributed by atoms with Crippen LogP contribution in [0.25, 0.3) is 0 Å². The molecule has 0 heterocycles. The molecule has 0 aromatic heterocycles. The van der Waals surface area contributed by atoms with Gasteiger partial charge in [-0.05, 0) is 32.4 Å². The van der Waals surface area contributed by atoms with Crippen LogP contribution >= 0.6 is 0 Å². The molecule has 21 heavy (non-hydrogen) atoms. The molecule has 0 bridgehead atoms. The second-order valence-corrected chi connectivity index (χ2v) is 6.79.